The molecule has 0 spiro atoms. The number of benzene rings is 1. The first kappa shape index (κ1) is 21.6. The number of hydrogen-bond acceptors (Lipinski definition) is 6. The molecule has 1 rings (SSSR count). The summed E-state index contributed by atoms with van der Waals surface area (Å²) >= 11 is 0. The van der Waals surface area contributed by atoms with Crippen LogP contribution in [0.25, 0.3) is 0 Å². The van der Waals surface area contributed by atoms with E-state index in [1.165, 1.54) is 24.4 Å². The van der Waals surface area contributed by atoms with Crippen LogP contribution in [0.1, 0.15) is 20.3 Å². The number of nitrogens with zero attached hydrogens (tertiary/aromatic N) is 2. The van der Waals surface area contributed by atoms with Crippen molar-refractivity contribution < 1.29 is 17.8 Å². The van der Waals surface area contributed by atoms with Crippen molar-refractivity contribution in [3.8, 4) is 6.07 Å². The minimum Gasteiger partial charge on any atom is -0.390 e. The van der Waals surface area contributed by atoms with E-state index >= 15 is 0 Å². The molecule has 0 aromatic heterocycles. The number of carbonyl (C=O) groups is 1. The molecule has 3 N–H and O–H groups in total. The smallest absolute Gasteiger partial charge is 0.294 e. The van der Waals surface area contributed by atoms with Crippen LogP contribution in [0.3, 0.4) is 0 Å². The van der Waals surface area contributed by atoms with Gasteiger partial charge in [-0.05, 0) is 44.3 Å². The van der Waals surface area contributed by atoms with E-state index in [1.807, 2.05) is 0 Å². The highest BCUT2D eigenvalue weighted by Crippen LogP contribution is 2.15. The molecule has 0 saturated heterocycles. The molecule has 0 saturated carbocycles. The summed E-state index contributed by atoms with van der Waals surface area (Å²) in [5.41, 5.74) is 0.0258. The highest BCUT2D eigenvalue weighted by Gasteiger charge is 2.13. The summed E-state index contributed by atoms with van der Waals surface area (Å²) in [6.07, 6.45) is 2.21. The molecular formula is C17H24N4O4S. The van der Waals surface area contributed by atoms with Crippen LogP contribution in [0, 0.1) is 11.3 Å². The Bertz CT molecular complexity index is 780. The van der Waals surface area contributed by atoms with E-state index in [0.717, 1.165) is 32.1 Å². The van der Waals surface area contributed by atoms with E-state index in [4.69, 9.17) is 9.81 Å². The largest absolute Gasteiger partial charge is 0.390 e. The quantitative estimate of drug-likeness (QED) is 0.244. The predicted octanol–water partition coefficient (Wildman–Crippen LogP) is 1.60. The molecule has 0 bridgehead atoms. The third kappa shape index (κ3) is 7.23. The van der Waals surface area contributed by atoms with Crippen LogP contribution < -0.4 is 10.6 Å². The fourth-order valence-corrected chi connectivity index (χ4v) is 2.73. The van der Waals surface area contributed by atoms with E-state index in [0.29, 0.717) is 6.54 Å². The fourth-order valence-electron chi connectivity index (χ4n) is 2.20. The summed E-state index contributed by atoms with van der Waals surface area (Å²) in [4.78, 5) is 14.0. The molecule has 0 aliphatic heterocycles. The minimum atomic E-state index is -4.37. The highest BCUT2D eigenvalue weighted by molar-refractivity contribution is 7.85. The van der Waals surface area contributed by atoms with Gasteiger partial charge in [-0.1, -0.05) is 19.9 Å². The van der Waals surface area contributed by atoms with Crippen molar-refractivity contribution in [1.29, 1.82) is 5.26 Å². The summed E-state index contributed by atoms with van der Waals surface area (Å²) in [5, 5.41) is 14.5. The van der Waals surface area contributed by atoms with Crippen molar-refractivity contribution in [1.82, 2.24) is 10.2 Å². The van der Waals surface area contributed by atoms with Crippen molar-refractivity contribution in [2.45, 2.75) is 25.2 Å². The van der Waals surface area contributed by atoms with Crippen molar-refractivity contribution >= 4 is 21.7 Å². The number of rotatable bonds is 10. The summed E-state index contributed by atoms with van der Waals surface area (Å²) in [5.74, 6) is -0.670. The van der Waals surface area contributed by atoms with Gasteiger partial charge in [0.1, 0.15) is 11.6 Å². The van der Waals surface area contributed by atoms with E-state index < -0.39 is 16.0 Å². The molecule has 142 valence electrons. The molecule has 1 aromatic rings. The summed E-state index contributed by atoms with van der Waals surface area (Å²) in [7, 11) is -4.37. The van der Waals surface area contributed by atoms with Crippen LogP contribution in [-0.4, -0.2) is 50.0 Å². The Balaban J connectivity index is 2.62. The van der Waals surface area contributed by atoms with Crippen molar-refractivity contribution in [3.63, 3.8) is 0 Å². The van der Waals surface area contributed by atoms with E-state index in [-0.39, 0.29) is 16.2 Å². The maximum Gasteiger partial charge on any atom is 0.294 e. The van der Waals surface area contributed by atoms with Gasteiger partial charge in [0, 0.05) is 18.4 Å². The van der Waals surface area contributed by atoms with Crippen LogP contribution in [0.15, 0.2) is 40.9 Å². The van der Waals surface area contributed by atoms with Gasteiger partial charge in [-0.2, -0.15) is 13.7 Å². The Kier molecular flexibility index (Phi) is 8.78. The molecule has 26 heavy (non-hydrogen) atoms. The molecule has 0 radical (unpaired) electrons. The molecule has 0 aliphatic carbocycles. The molecule has 1 amide bonds. The second-order valence-electron chi connectivity index (χ2n) is 5.46. The number of anilines is 1. The molecular weight excluding hydrogens is 356 g/mol. The number of amides is 1. The molecule has 0 unspecified atom stereocenters. The van der Waals surface area contributed by atoms with Gasteiger partial charge in [0.15, 0.2) is 0 Å². The van der Waals surface area contributed by atoms with Gasteiger partial charge in [0.2, 0.25) is 0 Å². The topological polar surface area (TPSA) is 123 Å². The number of hydrogen-bond donors (Lipinski definition) is 3. The Morgan fingerprint density at radius 2 is 2.04 bits per heavy atom. The molecule has 9 heteroatoms. The zero-order valence-electron chi connectivity index (χ0n) is 14.9. The van der Waals surface area contributed by atoms with Crippen LogP contribution in [0.2, 0.25) is 0 Å². The Morgan fingerprint density at radius 3 is 2.62 bits per heavy atom. The zero-order valence-corrected chi connectivity index (χ0v) is 15.7. The normalized spacial score (nSPS) is 11.9. The third-order valence-electron chi connectivity index (χ3n) is 3.69. The monoisotopic (exact) mass is 380 g/mol. The molecule has 0 fully saturated rings. The van der Waals surface area contributed by atoms with Crippen LogP contribution in [-0.2, 0) is 14.9 Å². The van der Waals surface area contributed by atoms with E-state index in [1.54, 1.807) is 6.07 Å². The second-order valence-corrected chi connectivity index (χ2v) is 6.88. The lowest BCUT2D eigenvalue weighted by Gasteiger charge is -2.17. The molecule has 0 aliphatic rings. The second kappa shape index (κ2) is 10.6. The van der Waals surface area contributed by atoms with Gasteiger partial charge in [-0.15, -0.1) is 0 Å². The first-order chi connectivity index (χ1) is 12.3. The average molecular weight is 380 g/mol. The van der Waals surface area contributed by atoms with Crippen LogP contribution in [0.5, 0.6) is 0 Å². The predicted molar refractivity (Wildman–Crippen MR) is 99.0 cm³/mol. The lowest BCUT2D eigenvalue weighted by atomic mass is 10.2. The first-order valence-electron chi connectivity index (χ1n) is 8.26. The fraction of sp³-hybridized carbons (Fsp3) is 0.412. The number of nitrogens with one attached hydrogen (secondary N) is 2. The summed E-state index contributed by atoms with van der Waals surface area (Å²) < 4.78 is 31.3. The van der Waals surface area contributed by atoms with E-state index in [2.05, 4.69) is 29.4 Å². The lowest BCUT2D eigenvalue weighted by Crippen LogP contribution is -2.26. The summed E-state index contributed by atoms with van der Waals surface area (Å²) in [6, 6.07) is 6.94. The third-order valence-corrected chi connectivity index (χ3v) is 4.54. The number of nitriles is 1. The van der Waals surface area contributed by atoms with E-state index in [9.17, 15) is 13.2 Å². The van der Waals surface area contributed by atoms with Gasteiger partial charge in [0.05, 0.1) is 4.90 Å². The average Bonchev–Trinajstić information content (AvgIpc) is 2.60. The van der Waals surface area contributed by atoms with Crippen LogP contribution >= 0.6 is 0 Å². The Labute approximate surface area is 154 Å². The van der Waals surface area contributed by atoms with Gasteiger partial charge >= 0.3 is 0 Å². The SMILES string of the molecule is CCN(CC)CCCN/C=C(/C#N)C(=O)Nc1cccc(S(=O)(=O)O)c1. The zero-order chi connectivity index (χ0) is 19.6. The summed E-state index contributed by atoms with van der Waals surface area (Å²) in [6.45, 7) is 7.66. The lowest BCUT2D eigenvalue weighted by molar-refractivity contribution is -0.112. The highest BCUT2D eigenvalue weighted by atomic mass is 32.2. The Hall–Kier alpha value is -2.41. The molecule has 8 nitrogen and oxygen atoms in total. The molecule has 0 heterocycles. The van der Waals surface area contributed by atoms with Gasteiger partial charge < -0.3 is 15.5 Å². The van der Waals surface area contributed by atoms with Crippen molar-refractivity contribution in [2.24, 2.45) is 0 Å². The van der Waals surface area contributed by atoms with Crippen molar-refractivity contribution in [2.75, 3.05) is 31.5 Å². The van der Waals surface area contributed by atoms with Crippen molar-refractivity contribution in [3.05, 3.63) is 36.0 Å². The minimum absolute atomic E-state index is 0.134. The number of carbonyl (C=O) groups excluding carboxylic acids is 1. The van der Waals surface area contributed by atoms with Gasteiger partial charge in [-0.3, -0.25) is 9.35 Å². The first-order valence-corrected chi connectivity index (χ1v) is 9.70. The maximum atomic E-state index is 12.1. The van der Waals surface area contributed by atoms with Crippen LogP contribution in [0.4, 0.5) is 5.69 Å². The van der Waals surface area contributed by atoms with Gasteiger partial charge in [0.25, 0.3) is 16.0 Å². The molecule has 0 atom stereocenters. The molecule has 1 aromatic carbocycles. The maximum absolute atomic E-state index is 12.1. The Morgan fingerprint density at radius 1 is 1.35 bits per heavy atom. The standard InChI is InChI=1S/C17H24N4O4S/c1-3-21(4-2)10-6-9-19-13-14(12-18)17(22)20-15-7-5-8-16(11-15)26(23,24)25/h5,7-8,11,13,19H,3-4,6,9-10H2,1-2H3,(H,20,22)(H,23,24,25)/b14-13-. The van der Waals surface area contributed by atoms with Gasteiger partial charge in [-0.25, -0.2) is 0 Å².